The van der Waals surface area contributed by atoms with Crippen LogP contribution in [-0.4, -0.2) is 76.0 Å². The molecule has 2 aromatic heterocycles. The van der Waals surface area contributed by atoms with Gasteiger partial charge in [-0.25, -0.2) is 22.8 Å². The van der Waals surface area contributed by atoms with E-state index in [-0.39, 0.29) is 29.0 Å². The van der Waals surface area contributed by atoms with Crippen molar-refractivity contribution in [2.45, 2.75) is 42.6 Å². The second kappa shape index (κ2) is 12.1. The third-order valence-electron chi connectivity index (χ3n) is 7.99. The van der Waals surface area contributed by atoms with Crippen LogP contribution in [0.5, 0.6) is 5.75 Å². The Hall–Kier alpha value is -4.36. The van der Waals surface area contributed by atoms with Gasteiger partial charge in [-0.05, 0) is 56.0 Å². The molecular weight excluding hydrogens is 573 g/mol. The minimum Gasteiger partial charge on any atom is -0.489 e. The van der Waals surface area contributed by atoms with Crippen LogP contribution >= 0.6 is 0 Å². The average Bonchev–Trinajstić information content (AvgIpc) is 3.48. The summed E-state index contributed by atoms with van der Waals surface area (Å²) in [6, 6.07) is 12.8. The number of carbonyl (C=O) groups excluding carboxylic acids is 1. The second-order valence-corrected chi connectivity index (χ2v) is 12.6. The molecule has 1 amide bonds. The van der Waals surface area contributed by atoms with Crippen LogP contribution in [0.4, 0.5) is 15.9 Å². The van der Waals surface area contributed by atoms with E-state index in [1.807, 2.05) is 0 Å². The van der Waals surface area contributed by atoms with Crippen molar-refractivity contribution in [3.8, 4) is 5.75 Å². The first-order valence-electron chi connectivity index (χ1n) is 14.2. The van der Waals surface area contributed by atoms with Crippen LogP contribution in [0, 0.1) is 5.82 Å². The molecule has 11 nitrogen and oxygen atoms in total. The van der Waals surface area contributed by atoms with Gasteiger partial charge in [-0.3, -0.25) is 9.89 Å². The normalized spacial score (nSPS) is 18.4. The molecule has 0 radical (unpaired) electrons. The first-order valence-corrected chi connectivity index (χ1v) is 15.7. The molecule has 13 heteroatoms. The number of rotatable bonds is 8. The molecule has 4 heterocycles. The van der Waals surface area contributed by atoms with Crippen molar-refractivity contribution in [2.75, 3.05) is 31.5 Å². The molecule has 43 heavy (non-hydrogen) atoms. The van der Waals surface area contributed by atoms with Crippen LogP contribution in [0.1, 0.15) is 37.3 Å². The third kappa shape index (κ3) is 5.95. The number of nitrogens with zero attached hydrogens (tertiary/aromatic N) is 5. The number of likely N-dealkylation sites (tertiary alicyclic amines) is 1. The molecule has 0 unspecified atom stereocenters. The highest BCUT2D eigenvalue weighted by Crippen LogP contribution is 2.35. The van der Waals surface area contributed by atoms with E-state index in [1.54, 1.807) is 47.4 Å². The summed E-state index contributed by atoms with van der Waals surface area (Å²) in [6.45, 7) is 5.35. The monoisotopic (exact) mass is 605 g/mol. The number of halogens is 1. The Kier molecular flexibility index (Phi) is 8.08. The fraction of sp³-hybridized carbons (Fsp3) is 0.333. The number of sulfonamides is 1. The zero-order valence-electron chi connectivity index (χ0n) is 23.4. The first-order chi connectivity index (χ1) is 20.8. The molecule has 0 saturated carbocycles. The molecule has 2 aromatic carbocycles. The predicted molar refractivity (Wildman–Crippen MR) is 159 cm³/mol. The predicted octanol–water partition coefficient (Wildman–Crippen LogP) is 4.36. The van der Waals surface area contributed by atoms with Gasteiger partial charge in [0.15, 0.2) is 5.65 Å². The average molecular weight is 606 g/mol. The Morgan fingerprint density at radius 2 is 1.88 bits per heavy atom. The molecule has 0 spiro atoms. The number of hydrogen-bond donors (Lipinski definition) is 2. The van der Waals surface area contributed by atoms with Crippen LogP contribution in [0.2, 0.25) is 0 Å². The summed E-state index contributed by atoms with van der Waals surface area (Å²) in [4.78, 5) is 22.6. The molecule has 2 aliphatic heterocycles. The molecular formula is C30H32FN7O4S. The van der Waals surface area contributed by atoms with E-state index >= 15 is 4.39 Å². The lowest BCUT2D eigenvalue weighted by Gasteiger charge is -2.32. The van der Waals surface area contributed by atoms with Crippen molar-refractivity contribution >= 4 is 38.5 Å². The van der Waals surface area contributed by atoms with Gasteiger partial charge in [-0.1, -0.05) is 24.8 Å². The molecule has 2 saturated heterocycles. The van der Waals surface area contributed by atoms with Gasteiger partial charge in [-0.2, -0.15) is 9.40 Å². The summed E-state index contributed by atoms with van der Waals surface area (Å²) in [6.07, 6.45) is 5.05. The number of hydrogen-bond acceptors (Lipinski definition) is 8. The molecule has 2 fully saturated rings. The smallest absolute Gasteiger partial charge is 0.245 e. The molecule has 0 aliphatic carbocycles. The summed E-state index contributed by atoms with van der Waals surface area (Å²) in [5.74, 6) is 0.200. The number of carbonyl (C=O) groups is 1. The number of aromatic nitrogens is 4. The first kappa shape index (κ1) is 28.7. The standard InChI is InChI=1S/C30H32FN7O4S/c1-2-26(39)37-15-12-20(13-16-37)28-27-29(32-19-33-30(27)36-35-28)34-25-11-10-21(17-24(25)31)42-22-7-6-14-38(18-22)43(40,41)23-8-4-3-5-9-23/h2-5,8-11,17,19-20,22H,1,6-7,12-16,18H2,(H2,32,33,34,35,36)/t22-/m0/s1. The Morgan fingerprint density at radius 3 is 2.63 bits per heavy atom. The zero-order chi connectivity index (χ0) is 30.0. The summed E-state index contributed by atoms with van der Waals surface area (Å²) in [7, 11) is -3.64. The molecule has 2 N–H and O–H groups in total. The second-order valence-electron chi connectivity index (χ2n) is 10.7. The van der Waals surface area contributed by atoms with Gasteiger partial charge in [0.25, 0.3) is 0 Å². The number of H-pyrrole nitrogens is 1. The Bertz CT molecular complexity index is 1740. The summed E-state index contributed by atoms with van der Waals surface area (Å²) in [5, 5.41) is 11.2. The Morgan fingerprint density at radius 1 is 1.09 bits per heavy atom. The lowest BCUT2D eigenvalue weighted by molar-refractivity contribution is -0.127. The van der Waals surface area contributed by atoms with E-state index in [0.717, 1.165) is 18.5 Å². The number of nitrogens with one attached hydrogen (secondary N) is 2. The number of amides is 1. The molecule has 1 atom stereocenters. The van der Waals surface area contributed by atoms with Crippen molar-refractivity contribution in [2.24, 2.45) is 0 Å². The Balaban J connectivity index is 1.15. The topological polar surface area (TPSA) is 133 Å². The number of piperidine rings is 2. The van der Waals surface area contributed by atoms with Crippen molar-refractivity contribution < 1.29 is 22.3 Å². The van der Waals surface area contributed by atoms with Crippen molar-refractivity contribution in [3.05, 3.63) is 79.0 Å². The van der Waals surface area contributed by atoms with Crippen LogP contribution < -0.4 is 10.1 Å². The largest absolute Gasteiger partial charge is 0.489 e. The van der Waals surface area contributed by atoms with Crippen molar-refractivity contribution in [1.82, 2.24) is 29.4 Å². The van der Waals surface area contributed by atoms with Crippen LogP contribution in [-0.2, 0) is 14.8 Å². The molecule has 6 rings (SSSR count). The minimum atomic E-state index is -3.64. The highest BCUT2D eigenvalue weighted by Gasteiger charge is 2.31. The number of aromatic amines is 1. The van der Waals surface area contributed by atoms with Crippen LogP contribution in [0.25, 0.3) is 11.0 Å². The quantitative estimate of drug-likeness (QED) is 0.283. The van der Waals surface area contributed by atoms with Gasteiger partial charge in [0.1, 0.15) is 29.8 Å². The highest BCUT2D eigenvalue weighted by molar-refractivity contribution is 7.89. The van der Waals surface area contributed by atoms with E-state index in [0.29, 0.717) is 55.1 Å². The lowest BCUT2D eigenvalue weighted by atomic mass is 9.92. The van der Waals surface area contributed by atoms with Crippen molar-refractivity contribution in [1.29, 1.82) is 0 Å². The maximum atomic E-state index is 15.3. The SMILES string of the molecule is C=CC(=O)N1CCC(c2[nH]nc3ncnc(Nc4ccc(O[C@H]5CCCN(S(=O)(=O)c6ccccc6)C5)cc4F)c23)CC1. The summed E-state index contributed by atoms with van der Waals surface area (Å²) in [5.41, 5.74) is 1.50. The Labute approximate surface area is 248 Å². The summed E-state index contributed by atoms with van der Waals surface area (Å²) < 4.78 is 49.0. The van der Waals surface area contributed by atoms with Crippen LogP contribution in [0.3, 0.4) is 0 Å². The maximum absolute atomic E-state index is 15.3. The highest BCUT2D eigenvalue weighted by atomic mass is 32.2. The number of ether oxygens (including phenoxy) is 1. The van der Waals surface area contributed by atoms with Gasteiger partial charge in [-0.15, -0.1) is 0 Å². The zero-order valence-corrected chi connectivity index (χ0v) is 24.3. The van der Waals surface area contributed by atoms with Gasteiger partial charge in [0.05, 0.1) is 28.2 Å². The fourth-order valence-electron chi connectivity index (χ4n) is 5.74. The van der Waals surface area contributed by atoms with Crippen molar-refractivity contribution in [3.63, 3.8) is 0 Å². The van der Waals surface area contributed by atoms with Gasteiger partial charge >= 0.3 is 0 Å². The fourth-order valence-corrected chi connectivity index (χ4v) is 7.27. The van der Waals surface area contributed by atoms with E-state index in [4.69, 9.17) is 4.74 Å². The molecule has 2 aliphatic rings. The van der Waals surface area contributed by atoms with Gasteiger partial charge in [0.2, 0.25) is 15.9 Å². The summed E-state index contributed by atoms with van der Waals surface area (Å²) >= 11 is 0. The minimum absolute atomic E-state index is 0.0838. The van der Waals surface area contributed by atoms with E-state index < -0.39 is 21.9 Å². The lowest BCUT2D eigenvalue weighted by Crippen LogP contribution is -2.44. The third-order valence-corrected chi connectivity index (χ3v) is 9.87. The molecule has 224 valence electrons. The van der Waals surface area contributed by atoms with E-state index in [1.165, 1.54) is 22.8 Å². The molecule has 0 bridgehead atoms. The number of anilines is 2. The maximum Gasteiger partial charge on any atom is 0.245 e. The number of fused-ring (bicyclic) bond motifs is 1. The number of benzene rings is 2. The molecule has 4 aromatic rings. The van der Waals surface area contributed by atoms with E-state index in [2.05, 4.69) is 32.1 Å². The van der Waals surface area contributed by atoms with Crippen LogP contribution in [0.15, 0.2) is 72.4 Å². The van der Waals surface area contributed by atoms with E-state index in [9.17, 15) is 13.2 Å². The van der Waals surface area contributed by atoms with Gasteiger partial charge < -0.3 is 15.0 Å². The van der Waals surface area contributed by atoms with Gasteiger partial charge in [0, 0.05) is 31.6 Å².